The highest BCUT2D eigenvalue weighted by molar-refractivity contribution is 5.81. The smallest absolute Gasteiger partial charge is 0.116 e. The number of nitrogens with zero attached hydrogens (tertiary/aromatic N) is 3. The minimum atomic E-state index is 0.952. The van der Waals surface area contributed by atoms with E-state index in [0.717, 1.165) is 27.7 Å². The molecule has 2 heterocycles. The van der Waals surface area contributed by atoms with Crippen LogP contribution >= 0.6 is 0 Å². The summed E-state index contributed by atoms with van der Waals surface area (Å²) < 4.78 is 0. The lowest BCUT2D eigenvalue weighted by Crippen LogP contribution is -2.11. The molecule has 0 radical (unpaired) electrons. The Morgan fingerprint density at radius 2 is 1.86 bits per heavy atom. The topological polar surface area (TPSA) is 37.1 Å². The van der Waals surface area contributed by atoms with Crippen molar-refractivity contribution in [3.8, 4) is 0 Å². The first-order valence-corrected chi connectivity index (χ1v) is 4.57. The number of fused-ring (bicyclic) bond motifs is 3. The monoisotopic (exact) mass is 183 g/mol. The molecule has 0 aromatic heterocycles. The number of rotatable bonds is 0. The van der Waals surface area contributed by atoms with Gasteiger partial charge >= 0.3 is 0 Å². The molecule has 0 unspecified atom stereocenters. The third-order valence-corrected chi connectivity index (χ3v) is 2.72. The Kier molecular flexibility index (Phi) is 1.29. The molecule has 1 aromatic carbocycles. The fourth-order valence-electron chi connectivity index (χ4n) is 1.86. The van der Waals surface area contributed by atoms with E-state index >= 15 is 0 Å². The molecule has 3 nitrogen and oxygen atoms in total. The normalized spacial score (nSPS) is 16.4. The van der Waals surface area contributed by atoms with Crippen molar-refractivity contribution in [3.63, 3.8) is 0 Å². The van der Waals surface area contributed by atoms with Crippen LogP contribution in [0.5, 0.6) is 0 Å². The first kappa shape index (κ1) is 7.62. The molecule has 2 aliphatic heterocycles. The van der Waals surface area contributed by atoms with Gasteiger partial charge in [0.15, 0.2) is 0 Å². The van der Waals surface area contributed by atoms with E-state index in [1.54, 1.807) is 6.34 Å². The van der Waals surface area contributed by atoms with Crippen molar-refractivity contribution in [2.75, 3.05) is 0 Å². The maximum absolute atomic E-state index is 4.47. The Labute approximate surface area is 81.2 Å². The average molecular weight is 183 g/mol. The summed E-state index contributed by atoms with van der Waals surface area (Å²) in [5, 5.41) is 1.97. The molecule has 0 bridgehead atoms. The SMILES string of the molecule is CC1=C(C)c2c3c(ccc2=N1)=NC=N3. The zero-order valence-electron chi connectivity index (χ0n) is 8.07. The van der Waals surface area contributed by atoms with E-state index in [9.17, 15) is 0 Å². The molecule has 2 aliphatic rings. The fourth-order valence-corrected chi connectivity index (χ4v) is 1.86. The Bertz CT molecular complexity index is 606. The van der Waals surface area contributed by atoms with Crippen molar-refractivity contribution in [1.29, 1.82) is 0 Å². The van der Waals surface area contributed by atoms with E-state index in [4.69, 9.17) is 0 Å². The van der Waals surface area contributed by atoms with Gasteiger partial charge in [0, 0.05) is 11.3 Å². The summed E-state index contributed by atoms with van der Waals surface area (Å²) in [5.74, 6) is 0. The second-order valence-corrected chi connectivity index (χ2v) is 3.52. The summed E-state index contributed by atoms with van der Waals surface area (Å²) in [5.41, 5.74) is 4.42. The van der Waals surface area contributed by atoms with E-state index in [0.29, 0.717) is 0 Å². The number of hydrogen-bond donors (Lipinski definition) is 0. The molecule has 0 amide bonds. The van der Waals surface area contributed by atoms with Crippen LogP contribution in [0, 0.1) is 0 Å². The van der Waals surface area contributed by atoms with Crippen molar-refractivity contribution in [2.45, 2.75) is 13.8 Å². The highest BCUT2D eigenvalue weighted by Gasteiger charge is 2.16. The second kappa shape index (κ2) is 2.38. The molecule has 0 saturated heterocycles. The van der Waals surface area contributed by atoms with Crippen LogP contribution in [0.4, 0.5) is 5.69 Å². The summed E-state index contributed by atoms with van der Waals surface area (Å²) in [6, 6.07) is 3.98. The van der Waals surface area contributed by atoms with Gasteiger partial charge in [0.2, 0.25) is 0 Å². The van der Waals surface area contributed by atoms with E-state index < -0.39 is 0 Å². The van der Waals surface area contributed by atoms with Crippen molar-refractivity contribution < 1.29 is 0 Å². The van der Waals surface area contributed by atoms with Gasteiger partial charge in [-0.1, -0.05) is 0 Å². The molecule has 0 atom stereocenters. The van der Waals surface area contributed by atoms with Gasteiger partial charge in [0.05, 0.1) is 10.7 Å². The van der Waals surface area contributed by atoms with Crippen LogP contribution in [0.1, 0.15) is 19.4 Å². The van der Waals surface area contributed by atoms with Crippen LogP contribution in [0.2, 0.25) is 0 Å². The first-order valence-electron chi connectivity index (χ1n) is 4.57. The molecule has 0 spiro atoms. The molecule has 0 fully saturated rings. The molecule has 0 saturated carbocycles. The lowest BCUT2D eigenvalue weighted by Gasteiger charge is -1.99. The summed E-state index contributed by atoms with van der Waals surface area (Å²) in [6.07, 6.45) is 1.60. The maximum atomic E-state index is 4.47. The van der Waals surface area contributed by atoms with Gasteiger partial charge in [0.1, 0.15) is 12.0 Å². The van der Waals surface area contributed by atoms with Crippen LogP contribution < -0.4 is 10.7 Å². The highest BCUT2D eigenvalue weighted by atomic mass is 14.9. The summed E-state index contributed by atoms with van der Waals surface area (Å²) in [4.78, 5) is 12.9. The Morgan fingerprint density at radius 3 is 2.71 bits per heavy atom. The molecular weight excluding hydrogens is 174 g/mol. The van der Waals surface area contributed by atoms with E-state index in [1.165, 1.54) is 5.57 Å². The van der Waals surface area contributed by atoms with Crippen LogP contribution in [-0.4, -0.2) is 6.34 Å². The van der Waals surface area contributed by atoms with E-state index in [-0.39, 0.29) is 0 Å². The van der Waals surface area contributed by atoms with Crippen LogP contribution in [0.3, 0.4) is 0 Å². The third-order valence-electron chi connectivity index (χ3n) is 2.72. The molecule has 14 heavy (non-hydrogen) atoms. The maximum Gasteiger partial charge on any atom is 0.116 e. The molecule has 1 aromatic rings. The van der Waals surface area contributed by atoms with Gasteiger partial charge in [-0.2, -0.15) is 0 Å². The minimum absolute atomic E-state index is 0.952. The van der Waals surface area contributed by atoms with Crippen molar-refractivity contribution in [1.82, 2.24) is 0 Å². The molecule has 0 N–H and O–H groups in total. The van der Waals surface area contributed by atoms with Gasteiger partial charge in [-0.25, -0.2) is 9.98 Å². The van der Waals surface area contributed by atoms with Crippen LogP contribution in [-0.2, 0) is 0 Å². The van der Waals surface area contributed by atoms with Gasteiger partial charge < -0.3 is 0 Å². The average Bonchev–Trinajstić information content (AvgIpc) is 2.72. The quantitative estimate of drug-likeness (QED) is 0.582. The number of allylic oxidation sites excluding steroid dienone is 2. The van der Waals surface area contributed by atoms with Gasteiger partial charge in [-0.05, 0) is 31.6 Å². The van der Waals surface area contributed by atoms with Gasteiger partial charge in [-0.15, -0.1) is 0 Å². The number of benzene rings is 1. The molecule has 0 aliphatic carbocycles. The predicted octanol–water partition coefficient (Wildman–Crippen LogP) is 1.36. The lowest BCUT2D eigenvalue weighted by atomic mass is 10.1. The van der Waals surface area contributed by atoms with Gasteiger partial charge in [0.25, 0.3) is 0 Å². The lowest BCUT2D eigenvalue weighted by molar-refractivity contribution is 1.25. The second-order valence-electron chi connectivity index (χ2n) is 3.52. The fraction of sp³-hybridized carbons (Fsp3) is 0.182. The number of hydrogen-bond acceptors (Lipinski definition) is 3. The summed E-state index contributed by atoms with van der Waals surface area (Å²) >= 11 is 0. The standard InChI is InChI=1S/C11H9N3/c1-6-7(2)14-8-3-4-9-11(10(6)8)13-5-12-9/h3-5H,1-2H3. The highest BCUT2D eigenvalue weighted by Crippen LogP contribution is 2.27. The Hall–Kier alpha value is -1.77. The van der Waals surface area contributed by atoms with Gasteiger partial charge in [-0.3, -0.25) is 4.99 Å². The Morgan fingerprint density at radius 1 is 1.07 bits per heavy atom. The third kappa shape index (κ3) is 0.789. The van der Waals surface area contributed by atoms with E-state index in [2.05, 4.69) is 21.9 Å². The first-order chi connectivity index (χ1) is 6.77. The number of aliphatic imine (C=N–C) groups is 1. The van der Waals surface area contributed by atoms with Crippen molar-refractivity contribution in [3.05, 3.63) is 34.1 Å². The van der Waals surface area contributed by atoms with Crippen molar-refractivity contribution >= 4 is 17.6 Å². The predicted molar refractivity (Wildman–Crippen MR) is 55.2 cm³/mol. The van der Waals surface area contributed by atoms with Crippen LogP contribution in [0.15, 0.2) is 32.8 Å². The largest absolute Gasteiger partial charge is 0.253 e. The van der Waals surface area contributed by atoms with E-state index in [1.807, 2.05) is 19.1 Å². The minimum Gasteiger partial charge on any atom is -0.253 e. The van der Waals surface area contributed by atoms with Crippen LogP contribution in [0.25, 0.3) is 5.57 Å². The molecule has 68 valence electrons. The zero-order chi connectivity index (χ0) is 9.71. The van der Waals surface area contributed by atoms with Crippen molar-refractivity contribution in [2.24, 2.45) is 15.0 Å². The summed E-state index contributed by atoms with van der Waals surface area (Å²) in [7, 11) is 0. The zero-order valence-corrected chi connectivity index (χ0v) is 8.07. The summed E-state index contributed by atoms with van der Waals surface area (Å²) in [6.45, 7) is 4.11. The molecule has 3 heteroatoms. The molecule has 3 rings (SSSR count). The Balaban J connectivity index is 2.50. The molecular formula is C11H9N3.